The lowest BCUT2D eigenvalue weighted by Crippen LogP contribution is -2.67. The van der Waals surface area contributed by atoms with E-state index in [9.17, 15) is 50.4 Å². The summed E-state index contributed by atoms with van der Waals surface area (Å²) >= 11 is 0. The van der Waals surface area contributed by atoms with Crippen LogP contribution in [0.2, 0.25) is 0 Å². The van der Waals surface area contributed by atoms with E-state index in [-0.39, 0.29) is 52.6 Å². The van der Waals surface area contributed by atoms with Gasteiger partial charge in [0, 0.05) is 12.3 Å². The third-order valence-corrected chi connectivity index (χ3v) is 19.0. The molecule has 370 valence electrons. The summed E-state index contributed by atoms with van der Waals surface area (Å²) in [5.41, 5.74) is -0.722. The lowest BCUT2D eigenvalue weighted by molar-refractivity contribution is -0.378. The largest absolute Gasteiger partial charge is 0.481 e. The van der Waals surface area contributed by atoms with Crippen molar-refractivity contribution in [2.45, 2.75) is 206 Å². The molecule has 8 rings (SSSR count). The van der Waals surface area contributed by atoms with Gasteiger partial charge in [0.2, 0.25) is 0 Å². The molecule has 17 heteroatoms. The highest BCUT2D eigenvalue weighted by Crippen LogP contribution is 2.76. The average molecular weight is 925 g/mol. The summed E-state index contributed by atoms with van der Waals surface area (Å²) in [4.78, 5) is 25.1. The molecule has 3 heterocycles. The predicted octanol–water partition coefficient (Wildman–Crippen LogP) is 2.56. The number of carbonyl (C=O) groups is 2. The van der Waals surface area contributed by atoms with Crippen molar-refractivity contribution < 1.29 is 83.6 Å². The molecule has 0 amide bonds. The van der Waals surface area contributed by atoms with Gasteiger partial charge in [-0.2, -0.15) is 0 Å². The fraction of sp³-hybridized carbons (Fsp3) is 0.917. The van der Waals surface area contributed by atoms with E-state index in [0.29, 0.717) is 19.3 Å². The summed E-state index contributed by atoms with van der Waals surface area (Å²) in [6.07, 6.45) is -9.12. The van der Waals surface area contributed by atoms with Crippen molar-refractivity contribution in [1.29, 1.82) is 0 Å². The van der Waals surface area contributed by atoms with Crippen LogP contribution in [-0.4, -0.2) is 159 Å². The first-order valence-corrected chi connectivity index (χ1v) is 24.0. The summed E-state index contributed by atoms with van der Waals surface area (Å²) in [5, 5.41) is 87.3. The van der Waals surface area contributed by atoms with Crippen molar-refractivity contribution in [3.63, 3.8) is 0 Å². The number of allylic oxidation sites excluding steroid dienone is 2. The van der Waals surface area contributed by atoms with Crippen LogP contribution < -0.4 is 0 Å². The zero-order valence-electron chi connectivity index (χ0n) is 39.3. The van der Waals surface area contributed by atoms with E-state index < -0.39 is 115 Å². The van der Waals surface area contributed by atoms with Gasteiger partial charge in [-0.25, -0.2) is 0 Å². The molecule has 8 N–H and O–H groups in total. The fourth-order valence-corrected chi connectivity index (χ4v) is 14.9. The average Bonchev–Trinajstić information content (AvgIpc) is 3.54. The summed E-state index contributed by atoms with van der Waals surface area (Å²) in [5.74, 6) is -1.17. The number of aliphatic carboxylic acids is 1. The number of ether oxygens (including phenoxy) is 7. The number of fused-ring (bicyclic) bond motifs is 7. The van der Waals surface area contributed by atoms with Crippen LogP contribution in [0, 0.1) is 50.2 Å². The molecule has 17 nitrogen and oxygen atoms in total. The van der Waals surface area contributed by atoms with Crippen LogP contribution in [0.4, 0.5) is 0 Å². The predicted molar refractivity (Wildman–Crippen MR) is 228 cm³/mol. The molecule has 0 radical (unpaired) electrons. The number of aliphatic hydroxyl groups excluding tert-OH is 7. The molecule has 7 fully saturated rings. The second kappa shape index (κ2) is 17.5. The second-order valence-electron chi connectivity index (χ2n) is 22.9. The Bertz CT molecular complexity index is 1810. The minimum atomic E-state index is -1.75. The van der Waals surface area contributed by atoms with Crippen molar-refractivity contribution in [2.24, 2.45) is 50.2 Å². The maximum Gasteiger partial charge on any atom is 0.310 e. The van der Waals surface area contributed by atoms with Crippen LogP contribution >= 0.6 is 0 Å². The summed E-state index contributed by atoms with van der Waals surface area (Å²) in [7, 11) is 0. The highest BCUT2D eigenvalue weighted by molar-refractivity contribution is 5.76. The Hall–Kier alpha value is -1.84. The van der Waals surface area contributed by atoms with Crippen LogP contribution in [0.1, 0.15) is 120 Å². The Morgan fingerprint density at radius 2 is 1.43 bits per heavy atom. The molecule has 4 saturated carbocycles. The molecule has 0 aromatic carbocycles. The zero-order valence-corrected chi connectivity index (χ0v) is 39.3. The van der Waals surface area contributed by atoms with Gasteiger partial charge in [-0.1, -0.05) is 53.2 Å². The van der Waals surface area contributed by atoms with Gasteiger partial charge in [0.05, 0.1) is 37.4 Å². The van der Waals surface area contributed by atoms with E-state index in [2.05, 4.69) is 40.7 Å². The van der Waals surface area contributed by atoms with Gasteiger partial charge in [0.1, 0.15) is 48.8 Å². The monoisotopic (exact) mass is 925 g/mol. The Morgan fingerprint density at radius 1 is 0.754 bits per heavy atom. The lowest BCUT2D eigenvalue weighted by atomic mass is 9.33. The number of hydrogen-bond donors (Lipinski definition) is 8. The SMILES string of the molecule is CC(=O)OC1C(CO)OC(OC2C(O)COC(OC3CCC4(C)C(CCC5(C)C4CC=C4C6CC(C)(C)CCC6(C(=O)O)CCC45C)C3(C)CO)C2OC2OC(C)C(O)C(O)C2O)C1O. The molecule has 5 aliphatic carbocycles. The lowest BCUT2D eigenvalue weighted by Gasteiger charge is -2.71. The van der Waals surface area contributed by atoms with E-state index in [1.54, 1.807) is 0 Å². The smallest absolute Gasteiger partial charge is 0.310 e. The molecule has 22 atom stereocenters. The van der Waals surface area contributed by atoms with Gasteiger partial charge in [0.15, 0.2) is 25.0 Å². The molecular formula is C48H76O17. The summed E-state index contributed by atoms with van der Waals surface area (Å²) in [6.45, 7) is 15.3. The van der Waals surface area contributed by atoms with Crippen molar-refractivity contribution in [3.05, 3.63) is 11.6 Å². The molecule has 0 bridgehead atoms. The maximum absolute atomic E-state index is 13.2. The van der Waals surface area contributed by atoms with Gasteiger partial charge >= 0.3 is 11.9 Å². The standard InChI is InChI=1S/C48H76O17/c1-23-32(53)33(54)34(55)39(60-23)65-38-36(64-40-35(56)37(61-24(2)51)28(20-49)62-40)27(52)21-59-41(38)63-31-12-13-44(5)29(45(31,6)22-50)11-14-47(8)30(44)10-9-25-26-19-43(3,4)15-17-48(26,42(57)58)18-16-46(25,47)7/h9,23,26-41,49-50,52-56H,10-22H2,1-8H3,(H,57,58). The third kappa shape index (κ3) is 7.86. The number of carboxylic acid groups (broad SMARTS) is 1. The second-order valence-corrected chi connectivity index (χ2v) is 22.9. The Kier molecular flexibility index (Phi) is 13.4. The number of hydrogen-bond acceptors (Lipinski definition) is 16. The van der Waals surface area contributed by atoms with Crippen LogP contribution in [-0.2, 0) is 42.7 Å². The minimum absolute atomic E-state index is 0.0112. The van der Waals surface area contributed by atoms with Gasteiger partial charge < -0.3 is 74.0 Å². The maximum atomic E-state index is 13.2. The first-order valence-electron chi connectivity index (χ1n) is 24.0. The van der Waals surface area contributed by atoms with Crippen LogP contribution in [0.3, 0.4) is 0 Å². The van der Waals surface area contributed by atoms with Crippen molar-refractivity contribution in [2.75, 3.05) is 19.8 Å². The number of carboxylic acids is 1. The molecule has 3 aliphatic heterocycles. The molecule has 0 aromatic heterocycles. The van der Waals surface area contributed by atoms with Crippen molar-refractivity contribution in [3.8, 4) is 0 Å². The molecule has 3 saturated heterocycles. The Labute approximate surface area is 382 Å². The molecule has 65 heavy (non-hydrogen) atoms. The highest BCUT2D eigenvalue weighted by atomic mass is 16.8. The van der Waals surface area contributed by atoms with Gasteiger partial charge in [0.25, 0.3) is 0 Å². The van der Waals surface area contributed by atoms with Crippen LogP contribution in [0.25, 0.3) is 0 Å². The molecular weight excluding hydrogens is 849 g/mol. The summed E-state index contributed by atoms with van der Waals surface area (Å²) in [6, 6.07) is 0. The molecule has 8 aliphatic rings. The topological polar surface area (TPSA) is 261 Å². The Balaban J connectivity index is 1.08. The normalized spacial score (nSPS) is 52.8. The number of rotatable bonds is 10. The van der Waals surface area contributed by atoms with Crippen molar-refractivity contribution >= 4 is 11.9 Å². The quantitative estimate of drug-likeness (QED) is 0.0890. The Morgan fingerprint density at radius 3 is 2.09 bits per heavy atom. The van der Waals surface area contributed by atoms with Crippen molar-refractivity contribution in [1.82, 2.24) is 0 Å². The zero-order chi connectivity index (χ0) is 47.4. The van der Waals surface area contributed by atoms with Crippen LogP contribution in [0.15, 0.2) is 11.6 Å². The van der Waals surface area contributed by atoms with Gasteiger partial charge in [-0.05, 0) is 111 Å². The fourth-order valence-electron chi connectivity index (χ4n) is 14.9. The summed E-state index contributed by atoms with van der Waals surface area (Å²) < 4.78 is 42.5. The van der Waals surface area contributed by atoms with Crippen LogP contribution in [0.5, 0.6) is 0 Å². The van der Waals surface area contributed by atoms with Gasteiger partial charge in [-0.3, -0.25) is 9.59 Å². The van der Waals surface area contributed by atoms with E-state index in [1.165, 1.54) is 12.5 Å². The molecule has 0 spiro atoms. The molecule has 22 unspecified atom stereocenters. The first-order chi connectivity index (χ1) is 30.4. The highest BCUT2D eigenvalue weighted by Gasteiger charge is 2.70. The van der Waals surface area contributed by atoms with E-state index in [4.69, 9.17) is 33.2 Å². The first kappa shape index (κ1) is 49.6. The van der Waals surface area contributed by atoms with E-state index in [1.807, 2.05) is 6.92 Å². The van der Waals surface area contributed by atoms with E-state index >= 15 is 0 Å². The third-order valence-electron chi connectivity index (χ3n) is 19.0. The van der Waals surface area contributed by atoms with E-state index in [0.717, 1.165) is 51.9 Å². The van der Waals surface area contributed by atoms with Gasteiger partial charge in [-0.15, -0.1) is 0 Å². The minimum Gasteiger partial charge on any atom is -0.481 e. The number of carbonyl (C=O) groups excluding carboxylic acids is 1. The number of aliphatic hydroxyl groups is 7. The number of esters is 1. The molecule has 0 aromatic rings.